The molecule has 0 aliphatic rings. The highest BCUT2D eigenvalue weighted by Crippen LogP contribution is 2.10. The first-order valence-corrected chi connectivity index (χ1v) is 2.42. The highest BCUT2D eigenvalue weighted by Gasteiger charge is 2.21. The molecule has 1 N–H and O–H groups in total. The maximum Gasteiger partial charge on any atom is 0.185 e. The summed E-state index contributed by atoms with van der Waals surface area (Å²) in [5.74, 6) is 0. The first-order chi connectivity index (χ1) is 3.68. The molecule has 0 radical (unpaired) electrons. The second-order valence-corrected chi connectivity index (χ2v) is 1.79. The number of hydrogen-bond acceptors (Lipinski definition) is 3. The minimum atomic E-state index is -1.01. The molecule has 8 heavy (non-hydrogen) atoms. The van der Waals surface area contributed by atoms with Crippen molar-refractivity contribution in [3.8, 4) is 6.07 Å². The van der Waals surface area contributed by atoms with Crippen molar-refractivity contribution in [2.75, 3.05) is 0 Å². The van der Waals surface area contributed by atoms with Gasteiger partial charge >= 0.3 is 0 Å². The molecule has 0 aliphatic heterocycles. The molecule has 3 heteroatoms. The van der Waals surface area contributed by atoms with E-state index in [1.807, 2.05) is 0 Å². The highest BCUT2D eigenvalue weighted by atomic mass is 17.1. The SMILES string of the molecule is CCC(C)(C#N)OO. The van der Waals surface area contributed by atoms with Gasteiger partial charge in [-0.3, -0.25) is 5.26 Å². The van der Waals surface area contributed by atoms with E-state index in [1.165, 1.54) is 6.92 Å². The van der Waals surface area contributed by atoms with Crippen LogP contribution in [0.4, 0.5) is 0 Å². The Morgan fingerprint density at radius 2 is 2.38 bits per heavy atom. The molecule has 0 aromatic heterocycles. The van der Waals surface area contributed by atoms with Gasteiger partial charge in [-0.05, 0) is 13.3 Å². The molecule has 0 aliphatic carbocycles. The molecule has 1 atom stereocenters. The van der Waals surface area contributed by atoms with E-state index in [9.17, 15) is 0 Å². The van der Waals surface area contributed by atoms with Crippen LogP contribution in [0.25, 0.3) is 0 Å². The van der Waals surface area contributed by atoms with Gasteiger partial charge in [-0.1, -0.05) is 6.92 Å². The smallest absolute Gasteiger partial charge is 0.185 e. The van der Waals surface area contributed by atoms with Crippen LogP contribution in [-0.2, 0) is 4.89 Å². The average molecular weight is 115 g/mol. The molecule has 3 nitrogen and oxygen atoms in total. The fourth-order valence-electron chi connectivity index (χ4n) is 0.164. The standard InChI is InChI=1S/C5H9NO2/c1-3-5(2,4-6)8-7/h7H,3H2,1-2H3. The van der Waals surface area contributed by atoms with Crippen molar-refractivity contribution in [3.05, 3.63) is 0 Å². The van der Waals surface area contributed by atoms with E-state index in [2.05, 4.69) is 4.89 Å². The molecular formula is C5H9NO2. The van der Waals surface area contributed by atoms with E-state index in [0.29, 0.717) is 6.42 Å². The summed E-state index contributed by atoms with van der Waals surface area (Å²) in [5, 5.41) is 16.3. The van der Waals surface area contributed by atoms with E-state index >= 15 is 0 Å². The summed E-state index contributed by atoms with van der Waals surface area (Å²) in [6.45, 7) is 3.28. The van der Waals surface area contributed by atoms with Gasteiger partial charge in [0.25, 0.3) is 0 Å². The summed E-state index contributed by atoms with van der Waals surface area (Å²) in [7, 11) is 0. The third kappa shape index (κ3) is 1.49. The molecule has 0 aromatic carbocycles. The van der Waals surface area contributed by atoms with Crippen molar-refractivity contribution >= 4 is 0 Å². The van der Waals surface area contributed by atoms with Crippen molar-refractivity contribution in [3.63, 3.8) is 0 Å². The second kappa shape index (κ2) is 2.65. The lowest BCUT2D eigenvalue weighted by Gasteiger charge is -2.12. The zero-order valence-electron chi connectivity index (χ0n) is 5.01. The Balaban J connectivity index is 3.83. The molecule has 0 bridgehead atoms. The van der Waals surface area contributed by atoms with E-state index in [1.54, 1.807) is 13.0 Å². The minimum Gasteiger partial charge on any atom is -0.250 e. The van der Waals surface area contributed by atoms with Crippen LogP contribution in [0.2, 0.25) is 0 Å². The Hall–Kier alpha value is -0.590. The van der Waals surface area contributed by atoms with Crippen LogP contribution in [-0.4, -0.2) is 10.9 Å². The summed E-state index contributed by atoms with van der Waals surface area (Å²) < 4.78 is 0. The molecular weight excluding hydrogens is 106 g/mol. The molecule has 0 fully saturated rings. The van der Waals surface area contributed by atoms with Crippen LogP contribution in [0.3, 0.4) is 0 Å². The number of hydrogen-bond donors (Lipinski definition) is 1. The lowest BCUT2D eigenvalue weighted by molar-refractivity contribution is -0.300. The van der Waals surface area contributed by atoms with Gasteiger partial charge in [0.15, 0.2) is 5.60 Å². The van der Waals surface area contributed by atoms with Gasteiger partial charge in [0.1, 0.15) is 6.07 Å². The third-order valence-corrected chi connectivity index (χ3v) is 1.11. The van der Waals surface area contributed by atoms with Crippen molar-refractivity contribution in [1.29, 1.82) is 5.26 Å². The third-order valence-electron chi connectivity index (χ3n) is 1.11. The van der Waals surface area contributed by atoms with Crippen LogP contribution in [0.5, 0.6) is 0 Å². The average Bonchev–Trinajstić information content (AvgIpc) is 1.87. The molecule has 0 rings (SSSR count). The molecule has 0 amide bonds. The Kier molecular flexibility index (Phi) is 2.46. The summed E-state index contributed by atoms with van der Waals surface area (Å²) in [6.07, 6.45) is 0.486. The van der Waals surface area contributed by atoms with E-state index in [4.69, 9.17) is 10.5 Å². The second-order valence-electron chi connectivity index (χ2n) is 1.79. The summed E-state index contributed by atoms with van der Waals surface area (Å²) in [6, 6.07) is 1.81. The molecule has 46 valence electrons. The van der Waals surface area contributed by atoms with Crippen molar-refractivity contribution < 1.29 is 10.1 Å². The van der Waals surface area contributed by atoms with E-state index in [0.717, 1.165) is 0 Å². The molecule has 0 spiro atoms. The number of nitriles is 1. The largest absolute Gasteiger partial charge is 0.250 e. The van der Waals surface area contributed by atoms with Crippen molar-refractivity contribution in [2.45, 2.75) is 25.9 Å². The topological polar surface area (TPSA) is 53.2 Å². The summed E-state index contributed by atoms with van der Waals surface area (Å²) >= 11 is 0. The normalized spacial score (nSPS) is 16.8. The molecule has 0 aromatic rings. The van der Waals surface area contributed by atoms with Crippen LogP contribution in [0, 0.1) is 11.3 Å². The van der Waals surface area contributed by atoms with Gasteiger partial charge < -0.3 is 0 Å². The molecule has 0 heterocycles. The fraction of sp³-hybridized carbons (Fsp3) is 0.800. The van der Waals surface area contributed by atoms with Gasteiger partial charge in [0.05, 0.1) is 0 Å². The maximum atomic E-state index is 8.25. The van der Waals surface area contributed by atoms with Crippen LogP contribution in [0.1, 0.15) is 20.3 Å². The van der Waals surface area contributed by atoms with Gasteiger partial charge in [0.2, 0.25) is 0 Å². The number of nitrogens with zero attached hydrogens (tertiary/aromatic N) is 1. The predicted molar refractivity (Wildman–Crippen MR) is 28.0 cm³/mol. The van der Waals surface area contributed by atoms with Crippen LogP contribution < -0.4 is 0 Å². The number of rotatable bonds is 2. The van der Waals surface area contributed by atoms with Crippen LogP contribution >= 0.6 is 0 Å². The monoisotopic (exact) mass is 115 g/mol. The Morgan fingerprint density at radius 1 is 1.88 bits per heavy atom. The quantitative estimate of drug-likeness (QED) is 0.434. The Bertz CT molecular complexity index is 101. The minimum absolute atomic E-state index is 0.486. The fourth-order valence-corrected chi connectivity index (χ4v) is 0.164. The first-order valence-electron chi connectivity index (χ1n) is 2.42. The molecule has 0 saturated carbocycles. The Labute approximate surface area is 48.4 Å². The van der Waals surface area contributed by atoms with Gasteiger partial charge in [-0.15, -0.1) is 0 Å². The Morgan fingerprint density at radius 3 is 2.38 bits per heavy atom. The zero-order valence-corrected chi connectivity index (χ0v) is 5.01. The van der Waals surface area contributed by atoms with Gasteiger partial charge in [-0.25, -0.2) is 4.89 Å². The van der Waals surface area contributed by atoms with Gasteiger partial charge in [-0.2, -0.15) is 5.26 Å². The zero-order chi connectivity index (χ0) is 6.62. The van der Waals surface area contributed by atoms with Crippen molar-refractivity contribution in [1.82, 2.24) is 0 Å². The summed E-state index contributed by atoms with van der Waals surface area (Å²) in [4.78, 5) is 3.88. The lowest BCUT2D eigenvalue weighted by atomic mass is 10.1. The van der Waals surface area contributed by atoms with Crippen LogP contribution in [0.15, 0.2) is 0 Å². The highest BCUT2D eigenvalue weighted by molar-refractivity contribution is 4.95. The van der Waals surface area contributed by atoms with E-state index in [-0.39, 0.29) is 0 Å². The summed E-state index contributed by atoms with van der Waals surface area (Å²) in [5.41, 5.74) is -1.01. The maximum absolute atomic E-state index is 8.25. The molecule has 0 saturated heterocycles. The van der Waals surface area contributed by atoms with Crippen molar-refractivity contribution in [2.24, 2.45) is 0 Å². The predicted octanol–water partition coefficient (Wildman–Crippen LogP) is 1.17. The molecule has 1 unspecified atom stereocenters. The van der Waals surface area contributed by atoms with E-state index < -0.39 is 5.60 Å². The first kappa shape index (κ1) is 7.41. The van der Waals surface area contributed by atoms with Gasteiger partial charge in [0, 0.05) is 0 Å². The lowest BCUT2D eigenvalue weighted by Crippen LogP contribution is -2.23.